The number of nitrogens with zero attached hydrogens (tertiary/aromatic N) is 13. The first-order chi connectivity index (χ1) is 59.7. The van der Waals surface area contributed by atoms with E-state index < -0.39 is 58.6 Å². The first-order valence-electron chi connectivity index (χ1n) is 44.4. The third kappa shape index (κ3) is 26.0. The molecule has 9 rings (SSSR count). The fourth-order valence-corrected chi connectivity index (χ4v) is 18.1. The van der Waals surface area contributed by atoms with Crippen molar-refractivity contribution in [3.63, 3.8) is 0 Å². The van der Waals surface area contributed by atoms with Gasteiger partial charge < -0.3 is 14.7 Å². The minimum atomic E-state index is -1.04. The van der Waals surface area contributed by atoms with Crippen LogP contribution in [-0.2, 0) is 43.8 Å². The molecule has 6 heterocycles. The quantitative estimate of drug-likeness (QED) is 0.0278. The zero-order valence-corrected chi connectivity index (χ0v) is 79.4. The highest BCUT2D eigenvalue weighted by Crippen LogP contribution is 2.43. The summed E-state index contributed by atoms with van der Waals surface area (Å²) in [5.41, 5.74) is 4.27. The molecule has 0 saturated heterocycles. The molecule has 9 amide bonds. The minimum Gasteiger partial charge on any atom is -0.348 e. The number of rotatable bonds is 38. The number of nitriles is 3. The molecule has 0 spiro atoms. The number of anilines is 3. The van der Waals surface area contributed by atoms with Crippen LogP contribution in [0.3, 0.4) is 0 Å². The van der Waals surface area contributed by atoms with E-state index in [0.29, 0.717) is 55.6 Å². The predicted octanol–water partition coefficient (Wildman–Crippen LogP) is 21.4. The number of nitrogens with one attached hydrogen (secondary N) is 1. The number of hydrogen-bond donors (Lipinski definition) is 1. The molecule has 3 aliphatic rings. The van der Waals surface area contributed by atoms with Crippen LogP contribution in [0.5, 0.6) is 0 Å². The monoisotopic (exact) mass is 1750 g/mol. The summed E-state index contributed by atoms with van der Waals surface area (Å²) in [6.45, 7) is 41.0. The van der Waals surface area contributed by atoms with Crippen LogP contribution in [0, 0.1) is 51.2 Å². The van der Waals surface area contributed by atoms with Gasteiger partial charge in [0, 0.05) is 97.5 Å². The van der Waals surface area contributed by atoms with E-state index >= 15 is 0 Å². The lowest BCUT2D eigenvalue weighted by atomic mass is 9.87. The number of amides is 9. The van der Waals surface area contributed by atoms with Crippen molar-refractivity contribution in [3.05, 3.63) is 167 Å². The van der Waals surface area contributed by atoms with Gasteiger partial charge in [-0.1, -0.05) is 287 Å². The molecule has 666 valence electrons. The predicted molar refractivity (Wildman–Crippen MR) is 504 cm³/mol. The van der Waals surface area contributed by atoms with Crippen LogP contribution in [0.2, 0.25) is 0 Å². The maximum atomic E-state index is 14.4. The Bertz CT molecular complexity index is 5100. The summed E-state index contributed by atoms with van der Waals surface area (Å²) in [7, 11) is 1.43. The molecule has 23 nitrogen and oxygen atoms in total. The number of hydrogen-bond acceptors (Lipinski definition) is 21. The standard InChI is InChI=1S/C40H65N5O3S.C34H35N5O4S.C25H28N4O2S/c1-13-18-21-28(16-4)26-44(27-29(17-5)22-19-14-2)38-42-34(39(6,7)8)33(49-38)24-31-30(23-20-15-3)32(25-41)36(47)45(35(31)46)43(12)37(48)40(9,10)11;1-5-7-19-37(20-8-6-2)34-36-30(25-15-11-9-12-16-25)29(44-34)21-27-23(3)28(22-35)33(43)39(32(27)42)38(24(4)40)31(41)26-17-13-10-14-18-26;1-4-6-13-29(14-7-5-2)25-27-22(18-11-9-8-10-12-18)21(32-25)15-19-17(3)20(16-26)24(31)28-23(19)30/h24,28-29H,13-23,26-27H2,1-12H3;9-18,21H,5-8,19-20H2,1-4H3;8-12,15H,4-7,13-14H2,1-3H3,(H,28,30,31)/b31-24-;27-21-;19-15-. The molecule has 0 aliphatic carbocycles. The first kappa shape index (κ1) is 101. The smallest absolute Gasteiger partial charge is 0.291 e. The van der Waals surface area contributed by atoms with Gasteiger partial charge in [-0.2, -0.15) is 30.8 Å². The van der Waals surface area contributed by atoms with Crippen molar-refractivity contribution in [2.75, 3.05) is 61.0 Å². The molecule has 3 aromatic carbocycles. The van der Waals surface area contributed by atoms with Crippen molar-refractivity contribution in [2.24, 2.45) is 17.3 Å². The van der Waals surface area contributed by atoms with Gasteiger partial charge in [0.2, 0.25) is 11.8 Å². The number of thiazole rings is 3. The van der Waals surface area contributed by atoms with E-state index in [4.69, 9.17) is 15.0 Å². The number of hydrazine groups is 2. The van der Waals surface area contributed by atoms with Crippen LogP contribution in [0.25, 0.3) is 40.7 Å². The van der Waals surface area contributed by atoms with Crippen LogP contribution in [0.1, 0.15) is 277 Å². The number of carbonyl (C=O) groups excluding carboxylic acids is 9. The zero-order valence-electron chi connectivity index (χ0n) is 76.9. The first-order valence-corrected chi connectivity index (χ1v) is 46.9. The van der Waals surface area contributed by atoms with Gasteiger partial charge in [-0.3, -0.25) is 48.5 Å². The highest BCUT2D eigenvalue weighted by atomic mass is 32.1. The van der Waals surface area contributed by atoms with Crippen molar-refractivity contribution in [1.82, 2.24) is 40.3 Å². The van der Waals surface area contributed by atoms with Crippen molar-refractivity contribution >= 4 is 121 Å². The molecule has 0 fully saturated rings. The summed E-state index contributed by atoms with van der Waals surface area (Å²) in [5.74, 6) is -5.37. The van der Waals surface area contributed by atoms with Gasteiger partial charge >= 0.3 is 0 Å². The van der Waals surface area contributed by atoms with E-state index in [9.17, 15) is 58.9 Å². The lowest BCUT2D eigenvalue weighted by Gasteiger charge is -2.37. The average Bonchev–Trinajstić information content (AvgIpc) is 1.29. The fraction of sp³-hybridized carbons (Fsp3) is 0.485. The van der Waals surface area contributed by atoms with Crippen molar-refractivity contribution in [2.45, 2.75) is 252 Å². The van der Waals surface area contributed by atoms with Gasteiger partial charge in [-0.05, 0) is 124 Å². The number of aromatic nitrogens is 3. The highest BCUT2D eigenvalue weighted by molar-refractivity contribution is 7.17. The van der Waals surface area contributed by atoms with Gasteiger partial charge in [-0.15, -0.1) is 0 Å². The Morgan fingerprint density at radius 1 is 0.480 bits per heavy atom. The molecular formula is C99H128N14O9S3. The summed E-state index contributed by atoms with van der Waals surface area (Å²) < 4.78 is 0. The lowest BCUT2D eigenvalue weighted by molar-refractivity contribution is -0.171. The van der Waals surface area contributed by atoms with Gasteiger partial charge in [0.05, 0.1) is 31.7 Å². The molecule has 26 heteroatoms. The Hall–Kier alpha value is -11.1. The van der Waals surface area contributed by atoms with E-state index in [0.717, 1.165) is 181 Å². The van der Waals surface area contributed by atoms with Crippen LogP contribution in [-0.4, -0.2) is 134 Å². The van der Waals surface area contributed by atoms with Crippen LogP contribution >= 0.6 is 34.0 Å². The Balaban J connectivity index is 0.000000263. The SMILES string of the molecule is CCCCC1=C(C#N)C(=O)N(N(C)C(=O)C(C)(C)C)C(=O)/C1=C\c1sc(N(CC(CC)CCCC)CC(CC)CCCC)nc1C(C)(C)C.CCCCN(CCCC)c1nc(-c2ccccc2)c(/C=C2\C(=O)N(N(C(C)=O)C(=O)c3ccccc3)C(=O)C(C#N)=C2C)s1.CCCCN(CCCC)c1nc(-c2ccccc2)c(/C=C2\C(=O)NC(=O)C(C#N)=C2C)s1. The maximum Gasteiger partial charge on any atom is 0.291 e. The Labute approximate surface area is 753 Å². The van der Waals surface area contributed by atoms with Gasteiger partial charge in [-0.25, -0.2) is 20.0 Å². The highest BCUT2D eigenvalue weighted by Gasteiger charge is 2.46. The molecule has 2 atom stereocenters. The van der Waals surface area contributed by atoms with Crippen LogP contribution < -0.4 is 20.0 Å². The summed E-state index contributed by atoms with van der Waals surface area (Å²) >= 11 is 4.55. The van der Waals surface area contributed by atoms with E-state index in [1.54, 1.807) is 69.4 Å². The second-order valence-electron chi connectivity index (χ2n) is 33.9. The molecule has 0 bridgehead atoms. The lowest BCUT2D eigenvalue weighted by Crippen LogP contribution is -2.57. The molecule has 0 radical (unpaired) electrons. The second-order valence-corrected chi connectivity index (χ2v) is 36.9. The van der Waals surface area contributed by atoms with Crippen LogP contribution in [0.15, 0.2) is 141 Å². The third-order valence-corrected chi connectivity index (χ3v) is 25.3. The summed E-state index contributed by atoms with van der Waals surface area (Å²) in [6, 6.07) is 33.2. The van der Waals surface area contributed by atoms with Gasteiger partial charge in [0.15, 0.2) is 15.4 Å². The summed E-state index contributed by atoms with van der Waals surface area (Å²) in [4.78, 5) is 145. The maximum absolute atomic E-state index is 14.4. The third-order valence-electron chi connectivity index (χ3n) is 22.1. The fourth-order valence-electron chi connectivity index (χ4n) is 14.7. The second kappa shape index (κ2) is 48.4. The number of imide groups is 4. The van der Waals surface area contributed by atoms with E-state index in [1.165, 1.54) is 87.3 Å². The minimum absolute atomic E-state index is 0.0225. The molecule has 125 heavy (non-hydrogen) atoms. The molecule has 3 aliphatic heterocycles. The summed E-state index contributed by atoms with van der Waals surface area (Å²) in [5, 5.41) is 37.5. The van der Waals surface area contributed by atoms with Gasteiger partial charge in [0.25, 0.3) is 41.4 Å². The zero-order chi connectivity index (χ0) is 92.0. The molecule has 0 saturated carbocycles. The van der Waals surface area contributed by atoms with E-state index in [2.05, 4.69) is 102 Å². The van der Waals surface area contributed by atoms with Gasteiger partial charge in [0.1, 0.15) is 34.9 Å². The number of unbranched alkanes of at least 4 members (excludes halogenated alkanes) is 7. The molecular weight excluding hydrogens is 1630 g/mol. The Morgan fingerprint density at radius 3 is 1.30 bits per heavy atom. The van der Waals surface area contributed by atoms with Crippen molar-refractivity contribution < 1.29 is 43.2 Å². The molecule has 3 aromatic heterocycles. The van der Waals surface area contributed by atoms with E-state index in [1.807, 2.05) is 85.8 Å². The number of benzene rings is 3. The average molecular weight is 1750 g/mol. The van der Waals surface area contributed by atoms with Crippen molar-refractivity contribution in [3.8, 4) is 40.7 Å². The van der Waals surface area contributed by atoms with Crippen molar-refractivity contribution in [1.29, 1.82) is 15.8 Å². The molecule has 1 N–H and O–H groups in total. The Kier molecular flexibility index (Phi) is 39.1. The Morgan fingerprint density at radius 2 is 0.880 bits per heavy atom. The molecule has 6 aromatic rings. The normalized spacial score (nSPS) is 15.2. The van der Waals surface area contributed by atoms with E-state index in [-0.39, 0.29) is 44.4 Å². The topological polar surface area (TPSA) is 298 Å². The number of carbonyl (C=O) groups is 9. The summed E-state index contributed by atoms with van der Waals surface area (Å²) in [6.07, 6.45) is 25.0. The largest absolute Gasteiger partial charge is 0.348 e. The molecule has 2 unspecified atom stereocenters. The van der Waals surface area contributed by atoms with Crippen LogP contribution in [0.4, 0.5) is 15.4 Å².